The second-order valence-corrected chi connectivity index (χ2v) is 10.3. The molecule has 0 radical (unpaired) electrons. The highest BCUT2D eigenvalue weighted by Crippen LogP contribution is 2.24. The molecule has 0 aromatic heterocycles. The fraction of sp³-hybridized carbons (Fsp3) is 0.440. The van der Waals surface area contributed by atoms with Crippen molar-refractivity contribution in [1.29, 1.82) is 0 Å². The minimum absolute atomic E-state index is 0.0151. The van der Waals surface area contributed by atoms with Crippen LogP contribution in [0, 0.1) is 5.82 Å². The molecule has 0 heterocycles. The number of nitrogens with zero attached hydrogens (tertiary/aromatic N) is 2. The van der Waals surface area contributed by atoms with Crippen LogP contribution < -0.4 is 14.4 Å². The van der Waals surface area contributed by atoms with Gasteiger partial charge >= 0.3 is 0 Å². The van der Waals surface area contributed by atoms with Crippen LogP contribution in [-0.4, -0.2) is 57.1 Å². The summed E-state index contributed by atoms with van der Waals surface area (Å²) in [5.74, 6) is -0.876. The number of ether oxygens (including phenoxy) is 1. The maximum Gasteiger partial charge on any atom is 0.244 e. The molecule has 2 aromatic carbocycles. The molecule has 8 nitrogen and oxygen atoms in total. The number of anilines is 1. The van der Waals surface area contributed by atoms with Gasteiger partial charge in [-0.25, -0.2) is 12.8 Å². The highest BCUT2D eigenvalue weighted by atomic mass is 32.2. The van der Waals surface area contributed by atoms with Crippen LogP contribution in [0.1, 0.15) is 39.2 Å². The summed E-state index contributed by atoms with van der Waals surface area (Å²) in [6, 6.07) is 11.1. The Labute approximate surface area is 207 Å². The first-order valence-electron chi connectivity index (χ1n) is 11.5. The number of rotatable bonds is 12. The summed E-state index contributed by atoms with van der Waals surface area (Å²) in [6.45, 7) is 5.08. The van der Waals surface area contributed by atoms with Crippen LogP contribution in [0.5, 0.6) is 5.75 Å². The largest absolute Gasteiger partial charge is 0.497 e. The van der Waals surface area contributed by atoms with Crippen molar-refractivity contribution >= 4 is 27.5 Å². The summed E-state index contributed by atoms with van der Waals surface area (Å²) in [5.41, 5.74) is 0.876. The molecule has 0 saturated carbocycles. The van der Waals surface area contributed by atoms with Crippen molar-refractivity contribution < 1.29 is 27.1 Å². The molecular formula is C25H34FN3O5S. The molecule has 2 aromatic rings. The summed E-state index contributed by atoms with van der Waals surface area (Å²) in [5, 5.41) is 2.90. The molecule has 10 heteroatoms. The number of amides is 2. The van der Waals surface area contributed by atoms with Gasteiger partial charge in [0.05, 0.1) is 19.1 Å². The lowest BCUT2D eigenvalue weighted by molar-refractivity contribution is -0.140. The van der Waals surface area contributed by atoms with E-state index in [1.807, 2.05) is 13.8 Å². The highest BCUT2D eigenvalue weighted by Gasteiger charge is 2.32. The van der Waals surface area contributed by atoms with E-state index in [2.05, 4.69) is 5.32 Å². The van der Waals surface area contributed by atoms with Crippen molar-refractivity contribution in [3.8, 4) is 5.75 Å². The number of carbonyl (C=O) groups excluding carboxylic acids is 2. The minimum atomic E-state index is -3.85. The normalized spacial score (nSPS) is 13.0. The number of benzene rings is 2. The Bertz CT molecular complexity index is 1110. The monoisotopic (exact) mass is 507 g/mol. The number of carbonyl (C=O) groups is 2. The predicted octanol–water partition coefficient (Wildman–Crippen LogP) is 3.32. The zero-order valence-electron chi connectivity index (χ0n) is 20.8. The smallest absolute Gasteiger partial charge is 0.244 e. The van der Waals surface area contributed by atoms with E-state index in [1.165, 1.54) is 42.3 Å². The fourth-order valence-electron chi connectivity index (χ4n) is 3.53. The molecule has 1 N–H and O–H groups in total. The summed E-state index contributed by atoms with van der Waals surface area (Å²) in [7, 11) is -2.39. The Balaban J connectivity index is 2.44. The van der Waals surface area contributed by atoms with Crippen LogP contribution in [0.15, 0.2) is 48.5 Å². The summed E-state index contributed by atoms with van der Waals surface area (Å²) in [6.07, 6.45) is 2.04. The van der Waals surface area contributed by atoms with Gasteiger partial charge in [0.15, 0.2) is 0 Å². The Kier molecular flexibility index (Phi) is 10.1. The van der Waals surface area contributed by atoms with Gasteiger partial charge in [-0.2, -0.15) is 0 Å². The average molecular weight is 508 g/mol. The third kappa shape index (κ3) is 7.95. The topological polar surface area (TPSA) is 96.0 Å². The highest BCUT2D eigenvalue weighted by molar-refractivity contribution is 7.92. The van der Waals surface area contributed by atoms with Crippen molar-refractivity contribution in [2.45, 2.75) is 52.2 Å². The lowest BCUT2D eigenvalue weighted by atomic mass is 10.1. The van der Waals surface area contributed by atoms with Crippen LogP contribution in [0.2, 0.25) is 0 Å². The Morgan fingerprint density at radius 1 is 1.09 bits per heavy atom. The summed E-state index contributed by atoms with van der Waals surface area (Å²) < 4.78 is 44.9. The van der Waals surface area contributed by atoms with E-state index >= 15 is 0 Å². The number of hydrogen-bond acceptors (Lipinski definition) is 5. The SMILES string of the molecule is CCC(C)NC(=O)C(CC)N(Cc1ccc(F)cc1)C(=O)CN(c1cccc(OC)c1)S(C)(=O)=O. The van der Waals surface area contributed by atoms with Gasteiger partial charge in [-0.1, -0.05) is 32.0 Å². The minimum Gasteiger partial charge on any atom is -0.497 e. The van der Waals surface area contributed by atoms with E-state index in [0.717, 1.165) is 10.6 Å². The van der Waals surface area contributed by atoms with Gasteiger partial charge in [-0.15, -0.1) is 0 Å². The van der Waals surface area contributed by atoms with Crippen molar-refractivity contribution in [2.75, 3.05) is 24.2 Å². The first-order chi connectivity index (χ1) is 16.5. The van der Waals surface area contributed by atoms with Crippen LogP contribution in [0.3, 0.4) is 0 Å². The number of hydrogen-bond donors (Lipinski definition) is 1. The third-order valence-corrected chi connectivity index (χ3v) is 6.81. The molecular weight excluding hydrogens is 473 g/mol. The van der Waals surface area contributed by atoms with Crippen LogP contribution in [0.4, 0.5) is 10.1 Å². The van der Waals surface area contributed by atoms with E-state index in [0.29, 0.717) is 24.2 Å². The number of methoxy groups -OCH3 is 1. The van der Waals surface area contributed by atoms with Crippen LogP contribution in [-0.2, 0) is 26.2 Å². The van der Waals surface area contributed by atoms with Gasteiger partial charge in [0.2, 0.25) is 21.8 Å². The molecule has 0 saturated heterocycles. The lowest BCUT2D eigenvalue weighted by Crippen LogP contribution is -2.53. The Hall–Kier alpha value is -3.14. The molecule has 0 aliphatic heterocycles. The van der Waals surface area contributed by atoms with Crippen molar-refractivity contribution in [3.63, 3.8) is 0 Å². The molecule has 2 unspecified atom stereocenters. The van der Waals surface area contributed by atoms with Crippen molar-refractivity contribution in [2.24, 2.45) is 0 Å². The number of sulfonamides is 1. The molecule has 2 atom stereocenters. The van der Waals surface area contributed by atoms with Gasteiger partial charge in [0, 0.05) is 18.7 Å². The van der Waals surface area contributed by atoms with E-state index in [9.17, 15) is 22.4 Å². The zero-order chi connectivity index (χ0) is 26.2. The lowest BCUT2D eigenvalue weighted by Gasteiger charge is -2.33. The predicted molar refractivity (Wildman–Crippen MR) is 134 cm³/mol. The van der Waals surface area contributed by atoms with Crippen molar-refractivity contribution in [3.05, 3.63) is 59.9 Å². The maximum atomic E-state index is 13.6. The quantitative estimate of drug-likeness (QED) is 0.476. The molecule has 2 rings (SSSR count). The van der Waals surface area contributed by atoms with Gasteiger partial charge in [-0.05, 0) is 49.6 Å². The van der Waals surface area contributed by atoms with Crippen LogP contribution in [0.25, 0.3) is 0 Å². The zero-order valence-corrected chi connectivity index (χ0v) is 21.6. The second kappa shape index (κ2) is 12.5. The van der Waals surface area contributed by atoms with E-state index in [-0.39, 0.29) is 24.2 Å². The Morgan fingerprint density at radius 3 is 2.29 bits per heavy atom. The second-order valence-electron chi connectivity index (χ2n) is 8.36. The van der Waals surface area contributed by atoms with Gasteiger partial charge in [-0.3, -0.25) is 13.9 Å². The van der Waals surface area contributed by atoms with E-state index in [4.69, 9.17) is 4.74 Å². The van der Waals surface area contributed by atoms with Crippen molar-refractivity contribution in [1.82, 2.24) is 10.2 Å². The van der Waals surface area contributed by atoms with E-state index in [1.54, 1.807) is 25.1 Å². The number of halogens is 1. The molecule has 192 valence electrons. The fourth-order valence-corrected chi connectivity index (χ4v) is 4.37. The molecule has 0 aliphatic rings. The summed E-state index contributed by atoms with van der Waals surface area (Å²) in [4.78, 5) is 28.0. The molecule has 0 aliphatic carbocycles. The summed E-state index contributed by atoms with van der Waals surface area (Å²) >= 11 is 0. The number of nitrogens with one attached hydrogen (secondary N) is 1. The molecule has 35 heavy (non-hydrogen) atoms. The first-order valence-corrected chi connectivity index (χ1v) is 13.3. The van der Waals surface area contributed by atoms with E-state index < -0.39 is 34.3 Å². The molecule has 0 spiro atoms. The third-order valence-electron chi connectivity index (χ3n) is 5.67. The molecule has 2 amide bonds. The first kappa shape index (κ1) is 28.1. The van der Waals surface area contributed by atoms with Gasteiger partial charge < -0.3 is 15.0 Å². The molecule has 0 fully saturated rings. The van der Waals surface area contributed by atoms with Crippen LogP contribution >= 0.6 is 0 Å². The average Bonchev–Trinajstić information content (AvgIpc) is 2.82. The van der Waals surface area contributed by atoms with Gasteiger partial charge in [0.1, 0.15) is 24.2 Å². The maximum absolute atomic E-state index is 13.6. The molecule has 0 bridgehead atoms. The standard InChI is InChI=1S/C25H34FN3O5S/c1-6-18(3)27-25(31)23(7-2)28(16-19-11-13-20(26)14-12-19)24(30)17-29(35(5,32)33)21-9-8-10-22(15-21)34-4/h8-15,18,23H,6-7,16-17H2,1-5H3,(H,27,31). The Morgan fingerprint density at radius 2 is 1.74 bits per heavy atom. The van der Waals surface area contributed by atoms with Gasteiger partial charge in [0.25, 0.3) is 0 Å².